The van der Waals surface area contributed by atoms with Crippen molar-refractivity contribution in [1.82, 2.24) is 10.2 Å². The molecule has 0 atom stereocenters. The number of hydrogen-bond donors (Lipinski definition) is 1. The van der Waals surface area contributed by atoms with E-state index in [2.05, 4.69) is 41.1 Å². The Morgan fingerprint density at radius 2 is 1.67 bits per heavy atom. The van der Waals surface area contributed by atoms with Crippen LogP contribution >= 0.6 is 0 Å². The second-order valence-corrected chi connectivity index (χ2v) is 8.57. The summed E-state index contributed by atoms with van der Waals surface area (Å²) >= 11 is 0. The molecule has 3 aromatic rings. The van der Waals surface area contributed by atoms with Gasteiger partial charge in [-0.3, -0.25) is 9.89 Å². The highest BCUT2D eigenvalue weighted by molar-refractivity contribution is 6.33. The van der Waals surface area contributed by atoms with Crippen molar-refractivity contribution >= 4 is 19.1 Å². The Morgan fingerprint density at radius 1 is 1.00 bits per heavy atom. The molecular weight excluding hydrogens is 408 g/mol. The topological polar surface area (TPSA) is 27.6 Å². The SMILES string of the molecule is [B]c1ccc(F)cc1CN1CCC2=C(C1)C(=C)C(=NC(c1ccccc1)c1ccccc1)N2. The Labute approximate surface area is 195 Å². The first-order valence-electron chi connectivity index (χ1n) is 11.2. The van der Waals surface area contributed by atoms with Gasteiger partial charge in [0.25, 0.3) is 0 Å². The van der Waals surface area contributed by atoms with Crippen molar-refractivity contribution in [3.05, 3.63) is 125 Å². The molecule has 2 heterocycles. The largest absolute Gasteiger partial charge is 0.343 e. The van der Waals surface area contributed by atoms with Crippen molar-refractivity contribution in [2.75, 3.05) is 13.1 Å². The van der Waals surface area contributed by atoms with Crippen LogP contribution in [0.4, 0.5) is 4.39 Å². The van der Waals surface area contributed by atoms with E-state index in [4.69, 9.17) is 12.8 Å². The number of nitrogens with zero attached hydrogens (tertiary/aromatic N) is 2. The number of halogens is 1. The van der Waals surface area contributed by atoms with Gasteiger partial charge in [-0.1, -0.05) is 78.8 Å². The van der Waals surface area contributed by atoms with E-state index in [9.17, 15) is 4.39 Å². The number of nitrogens with one attached hydrogen (secondary N) is 1. The zero-order valence-corrected chi connectivity index (χ0v) is 18.5. The zero-order chi connectivity index (χ0) is 22.8. The van der Waals surface area contributed by atoms with Gasteiger partial charge in [-0.2, -0.15) is 0 Å². The predicted molar refractivity (Wildman–Crippen MR) is 133 cm³/mol. The first kappa shape index (κ1) is 21.4. The lowest BCUT2D eigenvalue weighted by Crippen LogP contribution is -2.33. The molecule has 0 spiro atoms. The minimum absolute atomic E-state index is 0.115. The third-order valence-electron chi connectivity index (χ3n) is 6.33. The first-order valence-corrected chi connectivity index (χ1v) is 11.2. The molecule has 0 saturated carbocycles. The van der Waals surface area contributed by atoms with Crippen molar-refractivity contribution in [3.63, 3.8) is 0 Å². The third-order valence-corrected chi connectivity index (χ3v) is 6.33. The first-order chi connectivity index (χ1) is 16.1. The van der Waals surface area contributed by atoms with E-state index >= 15 is 0 Å². The van der Waals surface area contributed by atoms with Crippen LogP contribution in [0.25, 0.3) is 0 Å². The minimum Gasteiger partial charge on any atom is -0.343 e. The summed E-state index contributed by atoms with van der Waals surface area (Å²) in [5.74, 6) is 0.565. The van der Waals surface area contributed by atoms with Crippen molar-refractivity contribution in [1.29, 1.82) is 0 Å². The van der Waals surface area contributed by atoms with Crippen LogP contribution in [0.5, 0.6) is 0 Å². The van der Waals surface area contributed by atoms with Gasteiger partial charge in [0.1, 0.15) is 25.5 Å². The van der Waals surface area contributed by atoms with Crippen LogP contribution in [0, 0.1) is 5.82 Å². The molecule has 0 aliphatic carbocycles. The summed E-state index contributed by atoms with van der Waals surface area (Å²) < 4.78 is 13.7. The summed E-state index contributed by atoms with van der Waals surface area (Å²) in [5, 5.41) is 3.54. The Hall–Kier alpha value is -3.44. The van der Waals surface area contributed by atoms with E-state index < -0.39 is 0 Å². The number of aliphatic imine (C=N–C) groups is 1. The van der Waals surface area contributed by atoms with E-state index in [1.165, 1.54) is 23.4 Å². The standard InChI is InChI=1S/C28H25BFN3/c1-19-24-18-33(17-22-16-23(30)12-13-25(22)29)15-14-26(24)31-28(19)32-27(20-8-4-2-5-9-20)21-10-6-3-7-11-21/h2-13,16,27H,1,14-15,17-18H2,(H,31,32). The van der Waals surface area contributed by atoms with E-state index in [-0.39, 0.29) is 11.9 Å². The van der Waals surface area contributed by atoms with Crippen molar-refractivity contribution in [2.45, 2.75) is 19.0 Å². The molecule has 162 valence electrons. The Balaban J connectivity index is 1.38. The Morgan fingerprint density at radius 3 is 2.33 bits per heavy atom. The fraction of sp³-hybridized carbons (Fsp3) is 0.179. The predicted octanol–water partition coefficient (Wildman–Crippen LogP) is 4.43. The zero-order valence-electron chi connectivity index (χ0n) is 18.5. The van der Waals surface area contributed by atoms with Crippen molar-refractivity contribution in [2.24, 2.45) is 4.99 Å². The molecule has 3 nitrogen and oxygen atoms in total. The van der Waals surface area contributed by atoms with E-state index in [0.29, 0.717) is 12.0 Å². The molecule has 5 rings (SSSR count). The quantitative estimate of drug-likeness (QED) is 0.603. The summed E-state index contributed by atoms with van der Waals surface area (Å²) in [6, 6.07) is 25.1. The fourth-order valence-electron chi connectivity index (χ4n) is 4.53. The lowest BCUT2D eigenvalue weighted by atomic mass is 9.90. The summed E-state index contributed by atoms with van der Waals surface area (Å²) in [5.41, 5.74) is 7.00. The molecule has 0 saturated heterocycles. The molecule has 2 radical (unpaired) electrons. The van der Waals surface area contributed by atoms with Crippen LogP contribution < -0.4 is 10.8 Å². The maximum absolute atomic E-state index is 13.7. The van der Waals surface area contributed by atoms with E-state index in [1.807, 2.05) is 36.4 Å². The Bertz CT molecular complexity index is 1200. The van der Waals surface area contributed by atoms with Crippen molar-refractivity contribution in [3.8, 4) is 0 Å². The van der Waals surface area contributed by atoms with Gasteiger partial charge >= 0.3 is 0 Å². The van der Waals surface area contributed by atoms with Gasteiger partial charge in [0.15, 0.2) is 0 Å². The molecule has 2 aliphatic heterocycles. The molecule has 3 aromatic carbocycles. The molecule has 5 heteroatoms. The number of benzene rings is 3. The summed E-state index contributed by atoms with van der Waals surface area (Å²) in [6.45, 7) is 6.58. The number of hydrogen-bond acceptors (Lipinski definition) is 2. The van der Waals surface area contributed by atoms with Crippen LogP contribution in [0.1, 0.15) is 29.2 Å². The smallest absolute Gasteiger partial charge is 0.133 e. The van der Waals surface area contributed by atoms with Crippen LogP contribution in [-0.4, -0.2) is 31.7 Å². The van der Waals surface area contributed by atoms with Crippen LogP contribution in [0.3, 0.4) is 0 Å². The van der Waals surface area contributed by atoms with Crippen molar-refractivity contribution < 1.29 is 4.39 Å². The maximum atomic E-state index is 13.7. The van der Waals surface area contributed by atoms with E-state index in [0.717, 1.165) is 47.6 Å². The minimum atomic E-state index is -0.259. The molecule has 2 aliphatic rings. The van der Waals surface area contributed by atoms with Crippen LogP contribution in [-0.2, 0) is 6.54 Å². The third kappa shape index (κ3) is 4.55. The lowest BCUT2D eigenvalue weighted by molar-refractivity contribution is 0.279. The molecule has 0 aromatic heterocycles. The molecule has 0 bridgehead atoms. The van der Waals surface area contributed by atoms with Crippen LogP contribution in [0.2, 0.25) is 0 Å². The maximum Gasteiger partial charge on any atom is 0.133 e. The normalized spacial score (nSPS) is 17.5. The van der Waals surface area contributed by atoms with Gasteiger partial charge in [-0.15, -0.1) is 0 Å². The Kier molecular flexibility index (Phi) is 5.97. The van der Waals surface area contributed by atoms with Gasteiger partial charge in [0.2, 0.25) is 0 Å². The number of amidine groups is 1. The van der Waals surface area contributed by atoms with Gasteiger partial charge in [-0.25, -0.2) is 4.39 Å². The average molecular weight is 433 g/mol. The van der Waals surface area contributed by atoms with Crippen LogP contribution in [0.15, 0.2) is 107 Å². The summed E-state index contributed by atoms with van der Waals surface area (Å²) in [7, 11) is 6.07. The fourth-order valence-corrected chi connectivity index (χ4v) is 4.53. The van der Waals surface area contributed by atoms with Gasteiger partial charge < -0.3 is 5.32 Å². The highest BCUT2D eigenvalue weighted by Gasteiger charge is 2.30. The van der Waals surface area contributed by atoms with Gasteiger partial charge in [-0.05, 0) is 34.4 Å². The summed E-state index contributed by atoms with van der Waals surface area (Å²) in [4.78, 5) is 7.42. The summed E-state index contributed by atoms with van der Waals surface area (Å²) in [6.07, 6.45) is 0.865. The van der Waals surface area contributed by atoms with E-state index in [1.54, 1.807) is 6.07 Å². The average Bonchev–Trinajstić information content (AvgIpc) is 3.15. The molecule has 0 fully saturated rings. The monoisotopic (exact) mass is 433 g/mol. The molecule has 0 unspecified atom stereocenters. The molecule has 1 N–H and O–H groups in total. The highest BCUT2D eigenvalue weighted by atomic mass is 19.1. The second-order valence-electron chi connectivity index (χ2n) is 8.57. The van der Waals surface area contributed by atoms with Gasteiger partial charge in [0, 0.05) is 37.3 Å². The highest BCUT2D eigenvalue weighted by Crippen LogP contribution is 2.32. The molecular formula is C28H25BFN3. The molecule has 33 heavy (non-hydrogen) atoms. The second kappa shape index (κ2) is 9.20. The van der Waals surface area contributed by atoms with Gasteiger partial charge in [0.05, 0.1) is 0 Å². The molecule has 0 amide bonds. The lowest BCUT2D eigenvalue weighted by Gasteiger charge is -2.28. The number of rotatable bonds is 5.